The first-order chi connectivity index (χ1) is 7.08. The van der Waals surface area contributed by atoms with Gasteiger partial charge in [0.05, 0.1) is 10.0 Å². The Morgan fingerprint density at radius 3 is 2.20 bits per heavy atom. The van der Waals surface area contributed by atoms with Crippen LogP contribution in [0.4, 0.5) is 0 Å². The number of rotatable bonds is 1. The quantitative estimate of drug-likeness (QED) is 0.596. The minimum Gasteiger partial charge on any atom is -0.224 e. The molecular weight excluding hydrogens is 387 g/mol. The highest BCUT2D eigenvalue weighted by atomic mass is 127. The molecule has 0 aliphatic rings. The predicted molar refractivity (Wildman–Crippen MR) is 75.3 cm³/mol. The van der Waals surface area contributed by atoms with E-state index in [1.165, 1.54) is 11.3 Å². The van der Waals surface area contributed by atoms with Crippen LogP contribution >= 0.6 is 68.7 Å². The fraction of sp³-hybridized carbons (Fsp3) is 0. The van der Waals surface area contributed by atoms with Crippen molar-refractivity contribution in [2.45, 2.75) is 0 Å². The van der Waals surface area contributed by atoms with Crippen molar-refractivity contribution in [2.75, 3.05) is 0 Å². The van der Waals surface area contributed by atoms with Crippen molar-refractivity contribution in [3.63, 3.8) is 0 Å². The molecule has 2 aromatic rings. The van der Waals surface area contributed by atoms with Gasteiger partial charge < -0.3 is 0 Å². The highest BCUT2D eigenvalue weighted by Crippen LogP contribution is 2.38. The van der Waals surface area contributed by atoms with E-state index >= 15 is 0 Å². The van der Waals surface area contributed by atoms with Crippen molar-refractivity contribution in [2.24, 2.45) is 0 Å². The first-order valence-corrected chi connectivity index (χ1v) is 6.93. The number of aromatic nitrogens is 1. The molecule has 0 fully saturated rings. The summed E-state index contributed by atoms with van der Waals surface area (Å²) in [5.74, 6) is 0. The van der Waals surface area contributed by atoms with E-state index in [0.717, 1.165) is 14.1 Å². The Kier molecular flexibility index (Phi) is 3.78. The van der Waals surface area contributed by atoms with Gasteiger partial charge >= 0.3 is 0 Å². The van der Waals surface area contributed by atoms with Crippen LogP contribution < -0.4 is 0 Å². The summed E-state index contributed by atoms with van der Waals surface area (Å²) in [6.07, 6.45) is 0. The maximum Gasteiger partial charge on any atom is 0.140 e. The molecule has 2 rings (SSSR count). The largest absolute Gasteiger partial charge is 0.224 e. The van der Waals surface area contributed by atoms with Crippen molar-refractivity contribution >= 4 is 68.7 Å². The summed E-state index contributed by atoms with van der Waals surface area (Å²) in [5, 5.41) is 4.14. The molecule has 0 amide bonds. The number of benzene rings is 1. The molecule has 6 heteroatoms. The van der Waals surface area contributed by atoms with E-state index in [9.17, 15) is 0 Å². The summed E-state index contributed by atoms with van der Waals surface area (Å²) >= 11 is 21.6. The Hall–Kier alpha value is 0.450. The molecule has 0 aliphatic carbocycles. The van der Waals surface area contributed by atoms with Gasteiger partial charge in [0.2, 0.25) is 0 Å². The molecule has 0 saturated carbocycles. The van der Waals surface area contributed by atoms with Gasteiger partial charge in [0.15, 0.2) is 0 Å². The standard InChI is InChI=1S/C9H3Cl3INS/c10-5-1-4(13)2-6(11)8(5)9-14-7(12)3-15-9/h1-3H. The lowest BCUT2D eigenvalue weighted by molar-refractivity contribution is 1.41. The van der Waals surface area contributed by atoms with Crippen LogP contribution in [0.15, 0.2) is 17.5 Å². The number of thiazole rings is 1. The van der Waals surface area contributed by atoms with Crippen LogP contribution in [0.3, 0.4) is 0 Å². The average Bonchev–Trinajstić information content (AvgIpc) is 2.49. The van der Waals surface area contributed by atoms with E-state index in [1.807, 2.05) is 12.1 Å². The van der Waals surface area contributed by atoms with Crippen molar-refractivity contribution in [1.82, 2.24) is 4.98 Å². The molecular formula is C9H3Cl3INS. The minimum atomic E-state index is 0.459. The minimum absolute atomic E-state index is 0.459. The van der Waals surface area contributed by atoms with Gasteiger partial charge in [0.1, 0.15) is 10.2 Å². The maximum atomic E-state index is 6.11. The third kappa shape index (κ3) is 2.58. The predicted octanol–water partition coefficient (Wildman–Crippen LogP) is 5.37. The van der Waals surface area contributed by atoms with Gasteiger partial charge in [-0.15, -0.1) is 11.3 Å². The Labute approximate surface area is 120 Å². The zero-order valence-electron chi connectivity index (χ0n) is 7.10. The fourth-order valence-corrected chi connectivity index (χ4v) is 3.90. The summed E-state index contributed by atoms with van der Waals surface area (Å²) in [5.41, 5.74) is 0.746. The number of hydrogen-bond donors (Lipinski definition) is 0. The lowest BCUT2D eigenvalue weighted by atomic mass is 10.2. The van der Waals surface area contributed by atoms with E-state index in [4.69, 9.17) is 34.8 Å². The molecule has 0 saturated heterocycles. The normalized spacial score (nSPS) is 10.7. The lowest BCUT2D eigenvalue weighted by Gasteiger charge is -2.04. The van der Waals surface area contributed by atoms with Crippen molar-refractivity contribution in [3.8, 4) is 10.6 Å². The van der Waals surface area contributed by atoms with Gasteiger partial charge in [-0.1, -0.05) is 34.8 Å². The smallest absolute Gasteiger partial charge is 0.140 e. The number of halogens is 4. The molecule has 0 spiro atoms. The highest BCUT2D eigenvalue weighted by molar-refractivity contribution is 14.1. The van der Waals surface area contributed by atoms with E-state index in [0.29, 0.717) is 15.2 Å². The maximum absolute atomic E-state index is 6.11. The van der Waals surface area contributed by atoms with Crippen molar-refractivity contribution in [3.05, 3.63) is 36.3 Å². The van der Waals surface area contributed by atoms with Gasteiger partial charge in [0, 0.05) is 14.5 Å². The van der Waals surface area contributed by atoms with Crippen LogP contribution in [0.25, 0.3) is 10.6 Å². The third-order valence-electron chi connectivity index (χ3n) is 1.70. The topological polar surface area (TPSA) is 12.9 Å². The second kappa shape index (κ2) is 4.75. The molecule has 0 radical (unpaired) electrons. The number of hydrogen-bond acceptors (Lipinski definition) is 2. The van der Waals surface area contributed by atoms with E-state index in [-0.39, 0.29) is 0 Å². The second-order valence-corrected chi connectivity index (χ2v) is 6.03. The Morgan fingerprint density at radius 2 is 1.73 bits per heavy atom. The van der Waals surface area contributed by atoms with Crippen LogP contribution in [0.1, 0.15) is 0 Å². The van der Waals surface area contributed by atoms with E-state index in [1.54, 1.807) is 5.38 Å². The highest BCUT2D eigenvalue weighted by Gasteiger charge is 2.13. The van der Waals surface area contributed by atoms with Gasteiger partial charge in [-0.2, -0.15) is 0 Å². The van der Waals surface area contributed by atoms with E-state index < -0.39 is 0 Å². The van der Waals surface area contributed by atoms with Crippen LogP contribution in [0.5, 0.6) is 0 Å². The summed E-state index contributed by atoms with van der Waals surface area (Å²) in [4.78, 5) is 4.14. The first kappa shape index (κ1) is 11.9. The monoisotopic (exact) mass is 389 g/mol. The zero-order valence-corrected chi connectivity index (χ0v) is 12.3. The van der Waals surface area contributed by atoms with Crippen LogP contribution in [-0.2, 0) is 0 Å². The average molecular weight is 390 g/mol. The first-order valence-electron chi connectivity index (χ1n) is 3.84. The van der Waals surface area contributed by atoms with Gasteiger partial charge in [-0.05, 0) is 34.7 Å². The van der Waals surface area contributed by atoms with Crippen molar-refractivity contribution in [1.29, 1.82) is 0 Å². The SMILES string of the molecule is Clc1csc(-c2c(Cl)cc(I)cc2Cl)n1. The molecule has 0 atom stereocenters. The molecule has 1 nitrogen and oxygen atoms in total. The van der Waals surface area contributed by atoms with Crippen LogP contribution in [0, 0.1) is 3.57 Å². The summed E-state index contributed by atoms with van der Waals surface area (Å²) in [7, 11) is 0. The van der Waals surface area contributed by atoms with Crippen LogP contribution in [0.2, 0.25) is 15.2 Å². The van der Waals surface area contributed by atoms with Gasteiger partial charge in [-0.25, -0.2) is 4.98 Å². The second-order valence-electron chi connectivity index (χ2n) is 2.72. The Morgan fingerprint density at radius 1 is 1.13 bits per heavy atom. The van der Waals surface area contributed by atoms with Crippen molar-refractivity contribution < 1.29 is 0 Å². The summed E-state index contributed by atoms with van der Waals surface area (Å²) in [6.45, 7) is 0. The van der Waals surface area contributed by atoms with Gasteiger partial charge in [-0.3, -0.25) is 0 Å². The zero-order chi connectivity index (χ0) is 11.0. The molecule has 0 aliphatic heterocycles. The Balaban J connectivity index is 2.62. The molecule has 1 aromatic heterocycles. The number of nitrogens with zero attached hydrogens (tertiary/aromatic N) is 1. The Bertz CT molecular complexity index is 489. The lowest BCUT2D eigenvalue weighted by Crippen LogP contribution is -1.82. The molecule has 0 unspecified atom stereocenters. The van der Waals surface area contributed by atoms with Crippen LogP contribution in [-0.4, -0.2) is 4.98 Å². The summed E-state index contributed by atoms with van der Waals surface area (Å²) < 4.78 is 0.994. The summed E-state index contributed by atoms with van der Waals surface area (Å²) in [6, 6.07) is 3.69. The molecule has 1 heterocycles. The molecule has 0 N–H and O–H groups in total. The van der Waals surface area contributed by atoms with Gasteiger partial charge in [0.25, 0.3) is 0 Å². The van der Waals surface area contributed by atoms with E-state index in [2.05, 4.69) is 27.6 Å². The molecule has 1 aromatic carbocycles. The molecule has 0 bridgehead atoms. The molecule has 78 valence electrons. The fourth-order valence-electron chi connectivity index (χ4n) is 1.12. The molecule has 15 heavy (non-hydrogen) atoms. The third-order valence-corrected chi connectivity index (χ3v) is 4.10.